The molecule has 3 atom stereocenters. The van der Waals surface area contributed by atoms with E-state index in [1.807, 2.05) is 0 Å². The Morgan fingerprint density at radius 3 is 2.52 bits per heavy atom. The fraction of sp³-hybridized carbons (Fsp3) is 0.556. The first-order valence-corrected chi connectivity index (χ1v) is 10.4. The van der Waals surface area contributed by atoms with E-state index in [4.69, 9.17) is 4.74 Å². The van der Waals surface area contributed by atoms with Crippen molar-refractivity contribution < 1.29 is 27.9 Å². The van der Waals surface area contributed by atoms with Crippen LogP contribution in [0.1, 0.15) is 19.3 Å². The third-order valence-electron chi connectivity index (χ3n) is 5.28. The highest BCUT2D eigenvalue weighted by Crippen LogP contribution is 2.28. The number of carbonyl (C=O) groups is 2. The van der Waals surface area contributed by atoms with Crippen molar-refractivity contribution in [3.05, 3.63) is 30.3 Å². The highest BCUT2D eigenvalue weighted by molar-refractivity contribution is 7.89. The van der Waals surface area contributed by atoms with Crippen molar-refractivity contribution in [2.75, 3.05) is 26.7 Å². The molecule has 148 valence electrons. The lowest BCUT2D eigenvalue weighted by Gasteiger charge is -2.34. The number of carbonyl (C=O) groups excluding carboxylic acids is 1. The van der Waals surface area contributed by atoms with Gasteiger partial charge in [-0.3, -0.25) is 4.79 Å². The summed E-state index contributed by atoms with van der Waals surface area (Å²) < 4.78 is 32.2. The molecule has 2 fully saturated rings. The van der Waals surface area contributed by atoms with E-state index >= 15 is 0 Å². The topological polar surface area (TPSA) is 104 Å². The van der Waals surface area contributed by atoms with Gasteiger partial charge in [0.05, 0.1) is 16.9 Å². The molecule has 3 rings (SSSR count). The number of ether oxygens (including phenoxy) is 1. The van der Waals surface area contributed by atoms with E-state index in [0.29, 0.717) is 19.4 Å². The van der Waals surface area contributed by atoms with E-state index in [0.717, 1.165) is 0 Å². The third kappa shape index (κ3) is 3.99. The normalized spacial score (nSPS) is 26.9. The van der Waals surface area contributed by atoms with Crippen LogP contribution >= 0.6 is 0 Å². The van der Waals surface area contributed by atoms with E-state index in [9.17, 15) is 23.1 Å². The maximum absolute atomic E-state index is 13.0. The predicted octanol–water partition coefficient (Wildman–Crippen LogP) is 0.788. The van der Waals surface area contributed by atoms with Crippen LogP contribution in [0, 0.1) is 5.92 Å². The van der Waals surface area contributed by atoms with Gasteiger partial charge in [0.15, 0.2) is 0 Å². The fourth-order valence-corrected chi connectivity index (χ4v) is 5.33. The second-order valence-electron chi connectivity index (χ2n) is 6.95. The first kappa shape index (κ1) is 19.8. The minimum absolute atomic E-state index is 0.0660. The summed E-state index contributed by atoms with van der Waals surface area (Å²) in [5.74, 6) is -1.92. The molecular weight excluding hydrogens is 372 g/mol. The van der Waals surface area contributed by atoms with Gasteiger partial charge in [-0.2, -0.15) is 4.31 Å². The molecular formula is C18H24N2O6S. The average molecular weight is 396 g/mol. The van der Waals surface area contributed by atoms with Gasteiger partial charge in [0, 0.05) is 33.2 Å². The van der Waals surface area contributed by atoms with Crippen LogP contribution in [0.4, 0.5) is 0 Å². The van der Waals surface area contributed by atoms with E-state index < -0.39 is 28.0 Å². The van der Waals surface area contributed by atoms with Crippen LogP contribution in [0.25, 0.3) is 0 Å². The van der Waals surface area contributed by atoms with Gasteiger partial charge in [0.25, 0.3) is 0 Å². The van der Waals surface area contributed by atoms with Gasteiger partial charge in [-0.25, -0.2) is 13.2 Å². The van der Waals surface area contributed by atoms with E-state index in [2.05, 4.69) is 0 Å². The lowest BCUT2D eigenvalue weighted by atomic mass is 9.97. The molecule has 3 unspecified atom stereocenters. The Labute approximate surface area is 158 Å². The molecule has 0 aromatic heterocycles. The summed E-state index contributed by atoms with van der Waals surface area (Å²) in [5.41, 5.74) is 0. The van der Waals surface area contributed by atoms with Crippen LogP contribution in [0.2, 0.25) is 0 Å². The number of methoxy groups -OCH3 is 1. The Morgan fingerprint density at radius 1 is 1.19 bits per heavy atom. The molecule has 0 saturated carbocycles. The predicted molar refractivity (Wildman–Crippen MR) is 96.5 cm³/mol. The first-order valence-electron chi connectivity index (χ1n) is 8.96. The number of piperidine rings is 1. The number of aliphatic carboxylic acids is 1. The number of likely N-dealkylation sites (tertiary alicyclic amines) is 1. The summed E-state index contributed by atoms with van der Waals surface area (Å²) in [7, 11) is -2.18. The Morgan fingerprint density at radius 2 is 1.89 bits per heavy atom. The van der Waals surface area contributed by atoms with Crippen LogP contribution in [0.5, 0.6) is 0 Å². The zero-order valence-corrected chi connectivity index (χ0v) is 16.0. The molecule has 1 N–H and O–H groups in total. The van der Waals surface area contributed by atoms with Crippen molar-refractivity contribution in [2.45, 2.75) is 36.3 Å². The number of sulfonamides is 1. The fourth-order valence-electron chi connectivity index (χ4n) is 3.78. The molecule has 1 amide bonds. The van der Waals surface area contributed by atoms with E-state index in [1.165, 1.54) is 28.4 Å². The Hall–Kier alpha value is -1.97. The molecule has 2 heterocycles. The Balaban J connectivity index is 1.76. The van der Waals surface area contributed by atoms with Crippen LogP contribution < -0.4 is 0 Å². The number of amides is 1. The van der Waals surface area contributed by atoms with E-state index in [-0.39, 0.29) is 36.4 Å². The second-order valence-corrected chi connectivity index (χ2v) is 8.89. The molecule has 2 saturated heterocycles. The van der Waals surface area contributed by atoms with Gasteiger partial charge in [-0.1, -0.05) is 18.2 Å². The quantitative estimate of drug-likeness (QED) is 0.789. The number of nitrogens with zero attached hydrogens (tertiary/aromatic N) is 2. The van der Waals surface area contributed by atoms with Crippen molar-refractivity contribution in [3.63, 3.8) is 0 Å². The maximum Gasteiger partial charge on any atom is 0.326 e. The summed E-state index contributed by atoms with van der Waals surface area (Å²) in [6, 6.07) is 7.20. The lowest BCUT2D eigenvalue weighted by molar-refractivity contribution is -0.150. The SMILES string of the molecule is COC1CC(C(=O)O)N(C(=O)C2CCCN(S(=O)(=O)c3ccccc3)C2)C1. The molecule has 27 heavy (non-hydrogen) atoms. The van der Waals surface area contributed by atoms with Crippen molar-refractivity contribution in [1.82, 2.24) is 9.21 Å². The van der Waals surface area contributed by atoms with Crippen LogP contribution in [-0.2, 0) is 24.3 Å². The van der Waals surface area contributed by atoms with Crippen LogP contribution in [-0.4, -0.2) is 73.5 Å². The van der Waals surface area contributed by atoms with Crippen molar-refractivity contribution in [2.24, 2.45) is 5.92 Å². The number of hydrogen-bond donors (Lipinski definition) is 1. The van der Waals surface area contributed by atoms with Crippen LogP contribution in [0.3, 0.4) is 0 Å². The highest BCUT2D eigenvalue weighted by atomic mass is 32.2. The van der Waals surface area contributed by atoms with Gasteiger partial charge in [0.2, 0.25) is 15.9 Å². The molecule has 0 aliphatic carbocycles. The van der Waals surface area contributed by atoms with Gasteiger partial charge in [-0.05, 0) is 25.0 Å². The smallest absolute Gasteiger partial charge is 0.326 e. The largest absolute Gasteiger partial charge is 0.480 e. The van der Waals surface area contributed by atoms with Gasteiger partial charge in [0.1, 0.15) is 6.04 Å². The van der Waals surface area contributed by atoms with Crippen molar-refractivity contribution in [1.29, 1.82) is 0 Å². The first-order chi connectivity index (χ1) is 12.8. The number of benzene rings is 1. The van der Waals surface area contributed by atoms with Gasteiger partial charge in [-0.15, -0.1) is 0 Å². The molecule has 2 aliphatic rings. The van der Waals surface area contributed by atoms with Gasteiger partial charge >= 0.3 is 5.97 Å². The molecule has 0 bridgehead atoms. The lowest BCUT2D eigenvalue weighted by Crippen LogP contribution is -2.49. The minimum atomic E-state index is -3.68. The zero-order valence-electron chi connectivity index (χ0n) is 15.2. The number of rotatable bonds is 5. The molecule has 0 spiro atoms. The molecule has 8 nitrogen and oxygen atoms in total. The monoisotopic (exact) mass is 396 g/mol. The zero-order chi connectivity index (χ0) is 19.6. The molecule has 1 aromatic carbocycles. The Bertz CT molecular complexity index is 797. The third-order valence-corrected chi connectivity index (χ3v) is 7.16. The van der Waals surface area contributed by atoms with Crippen LogP contribution in [0.15, 0.2) is 35.2 Å². The molecule has 0 radical (unpaired) electrons. The van der Waals surface area contributed by atoms with Crippen molar-refractivity contribution >= 4 is 21.9 Å². The standard InChI is InChI=1S/C18H24N2O6S/c1-26-14-10-16(18(22)23)20(12-14)17(21)13-6-5-9-19(11-13)27(24,25)15-7-3-2-4-8-15/h2-4,7-8,13-14,16H,5-6,9-12H2,1H3,(H,22,23). The number of carboxylic acids is 1. The minimum Gasteiger partial charge on any atom is -0.480 e. The maximum atomic E-state index is 13.0. The number of carboxylic acid groups (broad SMARTS) is 1. The van der Waals surface area contributed by atoms with Gasteiger partial charge < -0.3 is 14.7 Å². The van der Waals surface area contributed by atoms with E-state index in [1.54, 1.807) is 18.2 Å². The Kier molecular flexibility index (Phi) is 5.83. The molecule has 9 heteroatoms. The summed E-state index contributed by atoms with van der Waals surface area (Å²) >= 11 is 0. The average Bonchev–Trinajstić information content (AvgIpc) is 3.13. The summed E-state index contributed by atoms with van der Waals surface area (Å²) in [4.78, 5) is 26.0. The summed E-state index contributed by atoms with van der Waals surface area (Å²) in [6.07, 6.45) is 1.03. The second kappa shape index (κ2) is 7.95. The number of hydrogen-bond acceptors (Lipinski definition) is 5. The molecule has 2 aliphatic heterocycles. The summed E-state index contributed by atoms with van der Waals surface area (Å²) in [5, 5.41) is 9.42. The summed E-state index contributed by atoms with van der Waals surface area (Å²) in [6.45, 7) is 0.634. The highest BCUT2D eigenvalue weighted by Gasteiger charge is 2.43. The molecule has 1 aromatic rings. The van der Waals surface area contributed by atoms with Crippen molar-refractivity contribution in [3.8, 4) is 0 Å².